The number of nitrogens with one attached hydrogen (secondary N) is 2. The third-order valence-electron chi connectivity index (χ3n) is 4.57. The van der Waals surface area contributed by atoms with Crippen LogP contribution in [0.1, 0.15) is 40.0 Å². The molecule has 1 amide bonds. The second-order valence-electron chi connectivity index (χ2n) is 6.11. The van der Waals surface area contributed by atoms with Gasteiger partial charge in [0.1, 0.15) is 5.75 Å². The van der Waals surface area contributed by atoms with Crippen LogP contribution in [0.25, 0.3) is 0 Å². The fourth-order valence-corrected chi connectivity index (χ4v) is 3.09. The SMILES string of the molecule is COc1ccc(NC(C)=O)cc1NC1CCCC(C)C1C. The van der Waals surface area contributed by atoms with Gasteiger partial charge in [-0.3, -0.25) is 4.79 Å². The quantitative estimate of drug-likeness (QED) is 0.884. The molecule has 2 N–H and O–H groups in total. The maximum atomic E-state index is 11.2. The molecule has 2 rings (SSSR count). The molecule has 0 heterocycles. The van der Waals surface area contributed by atoms with E-state index in [1.165, 1.54) is 26.2 Å². The lowest BCUT2D eigenvalue weighted by molar-refractivity contribution is -0.114. The molecule has 1 aromatic rings. The maximum absolute atomic E-state index is 11.2. The summed E-state index contributed by atoms with van der Waals surface area (Å²) in [4.78, 5) is 11.2. The molecule has 21 heavy (non-hydrogen) atoms. The molecule has 1 aromatic carbocycles. The number of hydrogen-bond donors (Lipinski definition) is 2. The normalized spacial score (nSPS) is 25.2. The van der Waals surface area contributed by atoms with Crippen LogP contribution >= 0.6 is 0 Å². The lowest BCUT2D eigenvalue weighted by Gasteiger charge is -2.35. The Morgan fingerprint density at radius 2 is 2.05 bits per heavy atom. The Labute approximate surface area is 127 Å². The van der Waals surface area contributed by atoms with Gasteiger partial charge in [0.2, 0.25) is 5.91 Å². The molecule has 3 atom stereocenters. The van der Waals surface area contributed by atoms with Crippen molar-refractivity contribution >= 4 is 17.3 Å². The van der Waals surface area contributed by atoms with Gasteiger partial charge in [0, 0.05) is 18.7 Å². The maximum Gasteiger partial charge on any atom is 0.221 e. The van der Waals surface area contributed by atoms with Crippen LogP contribution in [-0.2, 0) is 4.79 Å². The highest BCUT2D eigenvalue weighted by Gasteiger charge is 2.27. The first-order valence-electron chi connectivity index (χ1n) is 7.73. The minimum atomic E-state index is -0.0641. The molecule has 0 bridgehead atoms. The number of rotatable bonds is 4. The minimum absolute atomic E-state index is 0.0641. The van der Waals surface area contributed by atoms with Crippen molar-refractivity contribution in [2.45, 2.75) is 46.1 Å². The van der Waals surface area contributed by atoms with Crippen LogP contribution in [0.15, 0.2) is 18.2 Å². The Bertz CT molecular complexity index is 502. The molecule has 1 aliphatic rings. The largest absolute Gasteiger partial charge is 0.495 e. The van der Waals surface area contributed by atoms with E-state index >= 15 is 0 Å². The molecular formula is C17H26N2O2. The molecule has 116 valence electrons. The van der Waals surface area contributed by atoms with Crippen molar-refractivity contribution in [1.29, 1.82) is 0 Å². The molecular weight excluding hydrogens is 264 g/mol. The van der Waals surface area contributed by atoms with Crippen molar-refractivity contribution in [3.63, 3.8) is 0 Å². The molecule has 3 unspecified atom stereocenters. The minimum Gasteiger partial charge on any atom is -0.495 e. The van der Waals surface area contributed by atoms with Crippen molar-refractivity contribution < 1.29 is 9.53 Å². The summed E-state index contributed by atoms with van der Waals surface area (Å²) >= 11 is 0. The van der Waals surface area contributed by atoms with E-state index in [4.69, 9.17) is 4.74 Å². The number of anilines is 2. The highest BCUT2D eigenvalue weighted by atomic mass is 16.5. The van der Waals surface area contributed by atoms with Gasteiger partial charge >= 0.3 is 0 Å². The number of benzene rings is 1. The van der Waals surface area contributed by atoms with Crippen LogP contribution in [0.3, 0.4) is 0 Å². The van der Waals surface area contributed by atoms with Gasteiger partial charge in [0.05, 0.1) is 12.8 Å². The Morgan fingerprint density at radius 1 is 1.29 bits per heavy atom. The van der Waals surface area contributed by atoms with Gasteiger partial charge in [-0.1, -0.05) is 26.7 Å². The first kappa shape index (κ1) is 15.7. The molecule has 1 fully saturated rings. The van der Waals surface area contributed by atoms with Crippen LogP contribution in [0.5, 0.6) is 5.75 Å². The second-order valence-corrected chi connectivity index (χ2v) is 6.11. The van der Waals surface area contributed by atoms with Gasteiger partial charge in [-0.2, -0.15) is 0 Å². The van der Waals surface area contributed by atoms with Crippen molar-refractivity contribution in [2.24, 2.45) is 11.8 Å². The van der Waals surface area contributed by atoms with E-state index in [0.717, 1.165) is 23.0 Å². The summed E-state index contributed by atoms with van der Waals surface area (Å²) in [5.74, 6) is 2.12. The molecule has 4 nitrogen and oxygen atoms in total. The highest BCUT2D eigenvalue weighted by molar-refractivity contribution is 5.89. The van der Waals surface area contributed by atoms with Crippen molar-refractivity contribution in [3.05, 3.63) is 18.2 Å². The van der Waals surface area contributed by atoms with Crippen LogP contribution in [-0.4, -0.2) is 19.1 Å². The van der Waals surface area contributed by atoms with Crippen molar-refractivity contribution in [3.8, 4) is 5.75 Å². The van der Waals surface area contributed by atoms with E-state index in [2.05, 4.69) is 24.5 Å². The fourth-order valence-electron chi connectivity index (χ4n) is 3.09. The number of methoxy groups -OCH3 is 1. The fraction of sp³-hybridized carbons (Fsp3) is 0.588. The lowest BCUT2D eigenvalue weighted by Crippen LogP contribution is -2.35. The van der Waals surface area contributed by atoms with E-state index in [9.17, 15) is 4.79 Å². The summed E-state index contributed by atoms with van der Waals surface area (Å²) in [7, 11) is 1.67. The van der Waals surface area contributed by atoms with E-state index < -0.39 is 0 Å². The lowest BCUT2D eigenvalue weighted by atomic mass is 9.78. The predicted molar refractivity (Wildman–Crippen MR) is 86.9 cm³/mol. The Hall–Kier alpha value is -1.71. The summed E-state index contributed by atoms with van der Waals surface area (Å²) in [5, 5.41) is 6.44. The van der Waals surface area contributed by atoms with Gasteiger partial charge < -0.3 is 15.4 Å². The summed E-state index contributed by atoms with van der Waals surface area (Å²) in [5.41, 5.74) is 1.75. The monoisotopic (exact) mass is 290 g/mol. The second kappa shape index (κ2) is 6.83. The van der Waals surface area contributed by atoms with Gasteiger partial charge in [-0.05, 0) is 36.5 Å². The molecule has 0 aliphatic heterocycles. The van der Waals surface area contributed by atoms with Gasteiger partial charge in [-0.15, -0.1) is 0 Å². The third kappa shape index (κ3) is 3.90. The third-order valence-corrected chi connectivity index (χ3v) is 4.57. The van der Waals surface area contributed by atoms with E-state index in [1.807, 2.05) is 18.2 Å². The summed E-state index contributed by atoms with van der Waals surface area (Å²) < 4.78 is 5.43. The summed E-state index contributed by atoms with van der Waals surface area (Å²) in [6.07, 6.45) is 3.75. The first-order valence-corrected chi connectivity index (χ1v) is 7.73. The number of carbonyl (C=O) groups is 1. The zero-order valence-electron chi connectivity index (χ0n) is 13.4. The Morgan fingerprint density at radius 3 is 2.71 bits per heavy atom. The van der Waals surface area contributed by atoms with Crippen molar-refractivity contribution in [2.75, 3.05) is 17.7 Å². The van der Waals surface area contributed by atoms with Crippen LogP contribution < -0.4 is 15.4 Å². The van der Waals surface area contributed by atoms with Crippen LogP contribution in [0.2, 0.25) is 0 Å². The average molecular weight is 290 g/mol. The molecule has 4 heteroatoms. The highest BCUT2D eigenvalue weighted by Crippen LogP contribution is 2.35. The zero-order chi connectivity index (χ0) is 15.4. The number of hydrogen-bond acceptors (Lipinski definition) is 3. The van der Waals surface area contributed by atoms with E-state index in [-0.39, 0.29) is 5.91 Å². The molecule has 0 radical (unpaired) electrons. The Balaban J connectivity index is 2.18. The molecule has 0 aromatic heterocycles. The number of ether oxygens (including phenoxy) is 1. The topological polar surface area (TPSA) is 50.4 Å². The van der Waals surface area contributed by atoms with Gasteiger partial charge in [-0.25, -0.2) is 0 Å². The number of carbonyl (C=O) groups excluding carboxylic acids is 1. The van der Waals surface area contributed by atoms with Gasteiger partial charge in [0.15, 0.2) is 0 Å². The Kier molecular flexibility index (Phi) is 5.10. The molecule has 0 spiro atoms. The zero-order valence-corrected chi connectivity index (χ0v) is 13.4. The van der Waals surface area contributed by atoms with Crippen LogP contribution in [0, 0.1) is 11.8 Å². The van der Waals surface area contributed by atoms with Gasteiger partial charge in [0.25, 0.3) is 0 Å². The van der Waals surface area contributed by atoms with Crippen molar-refractivity contribution in [1.82, 2.24) is 0 Å². The van der Waals surface area contributed by atoms with E-state index in [1.54, 1.807) is 7.11 Å². The summed E-state index contributed by atoms with van der Waals surface area (Å²) in [6, 6.07) is 6.16. The summed E-state index contributed by atoms with van der Waals surface area (Å²) in [6.45, 7) is 6.15. The smallest absolute Gasteiger partial charge is 0.221 e. The predicted octanol–water partition coefficient (Wildman–Crippen LogP) is 3.89. The van der Waals surface area contributed by atoms with E-state index in [0.29, 0.717) is 12.0 Å². The standard InChI is InChI=1S/C17H26N2O2/c1-11-6-5-7-15(12(11)2)19-16-10-14(18-13(3)20)8-9-17(16)21-4/h8-12,15,19H,5-7H2,1-4H3,(H,18,20). The molecule has 1 aliphatic carbocycles. The molecule has 0 saturated heterocycles. The van der Waals surface area contributed by atoms with Crippen LogP contribution in [0.4, 0.5) is 11.4 Å². The first-order chi connectivity index (χ1) is 10.0. The average Bonchev–Trinajstić information content (AvgIpc) is 2.43. The molecule has 1 saturated carbocycles. The number of amides is 1.